The summed E-state index contributed by atoms with van der Waals surface area (Å²) in [4.78, 5) is 52.6. The molecule has 2 atom stereocenters. The molecule has 34 heavy (non-hydrogen) atoms. The van der Waals surface area contributed by atoms with Crippen molar-refractivity contribution < 1.29 is 28.8 Å². The van der Waals surface area contributed by atoms with Crippen LogP contribution in [0.4, 0.5) is 14.9 Å². The van der Waals surface area contributed by atoms with Crippen molar-refractivity contribution in [3.8, 4) is 0 Å². The highest BCUT2D eigenvalue weighted by molar-refractivity contribution is 6.07. The Morgan fingerprint density at radius 1 is 1.24 bits per heavy atom. The minimum absolute atomic E-state index is 0.0410. The van der Waals surface area contributed by atoms with E-state index in [0.717, 1.165) is 6.07 Å². The van der Waals surface area contributed by atoms with Crippen LogP contribution in [0.3, 0.4) is 0 Å². The fourth-order valence-corrected chi connectivity index (χ4v) is 3.90. The van der Waals surface area contributed by atoms with E-state index < -0.39 is 34.7 Å². The molecule has 1 heterocycles. The second-order valence-corrected chi connectivity index (χ2v) is 7.81. The molecule has 178 valence electrons. The highest BCUT2D eigenvalue weighted by atomic mass is 19.1. The van der Waals surface area contributed by atoms with E-state index in [2.05, 4.69) is 10.3 Å². The molecule has 0 saturated carbocycles. The summed E-state index contributed by atoms with van der Waals surface area (Å²) in [5, 5.41) is 23.9. The van der Waals surface area contributed by atoms with Crippen molar-refractivity contribution >= 4 is 29.2 Å². The van der Waals surface area contributed by atoms with E-state index in [4.69, 9.17) is 0 Å². The van der Waals surface area contributed by atoms with Gasteiger partial charge in [-0.3, -0.25) is 19.7 Å². The average molecular weight is 470 g/mol. The number of aliphatic imine (C=N–C) groups is 1. The number of ketones is 1. The van der Waals surface area contributed by atoms with Gasteiger partial charge in [-0.2, -0.15) is 0 Å². The maximum absolute atomic E-state index is 13.3. The topological polar surface area (TPSA) is 142 Å². The van der Waals surface area contributed by atoms with Gasteiger partial charge < -0.3 is 15.3 Å². The Morgan fingerprint density at radius 2 is 1.97 bits per heavy atom. The SMILES string of the molecule is CC1=NC(=O)N(CCCNCC(=O)c2cccc(F)c2)C(c2cccc([N+](=O)[O-])c2)C1C(=O)O. The predicted molar refractivity (Wildman–Crippen MR) is 120 cm³/mol. The minimum Gasteiger partial charge on any atom is -0.481 e. The third-order valence-corrected chi connectivity index (χ3v) is 5.49. The maximum atomic E-state index is 13.3. The number of rotatable bonds is 10. The Labute approximate surface area is 194 Å². The van der Waals surface area contributed by atoms with E-state index in [0.29, 0.717) is 18.5 Å². The summed E-state index contributed by atoms with van der Waals surface area (Å²) in [5.41, 5.74) is 0.452. The number of carbonyl (C=O) groups is 3. The molecular formula is C23H23FN4O6. The van der Waals surface area contributed by atoms with E-state index in [-0.39, 0.29) is 35.8 Å². The molecular weight excluding hydrogens is 447 g/mol. The Balaban J connectivity index is 1.71. The number of hydrogen-bond acceptors (Lipinski definition) is 6. The number of urea groups is 1. The largest absolute Gasteiger partial charge is 0.481 e. The Bertz CT molecular complexity index is 1150. The van der Waals surface area contributed by atoms with Crippen LogP contribution in [0.5, 0.6) is 0 Å². The van der Waals surface area contributed by atoms with Gasteiger partial charge in [0, 0.05) is 30.0 Å². The summed E-state index contributed by atoms with van der Waals surface area (Å²) in [6.07, 6.45) is 0.356. The lowest BCUT2D eigenvalue weighted by Gasteiger charge is -2.37. The van der Waals surface area contributed by atoms with Crippen LogP contribution in [0.1, 0.15) is 35.3 Å². The average Bonchev–Trinajstić information content (AvgIpc) is 2.79. The molecule has 0 bridgehead atoms. The molecule has 1 aliphatic heterocycles. The zero-order valence-corrected chi connectivity index (χ0v) is 18.3. The van der Waals surface area contributed by atoms with Crippen LogP contribution in [0.25, 0.3) is 0 Å². The van der Waals surface area contributed by atoms with E-state index in [9.17, 15) is 34.0 Å². The van der Waals surface area contributed by atoms with E-state index in [1.807, 2.05) is 0 Å². The van der Waals surface area contributed by atoms with Gasteiger partial charge in [0.25, 0.3) is 5.69 Å². The molecule has 2 amide bonds. The summed E-state index contributed by atoms with van der Waals surface area (Å²) in [5.74, 6) is -3.17. The molecule has 2 aromatic rings. The summed E-state index contributed by atoms with van der Waals surface area (Å²) >= 11 is 0. The molecule has 0 aliphatic carbocycles. The zero-order valence-electron chi connectivity index (χ0n) is 18.3. The molecule has 2 unspecified atom stereocenters. The summed E-state index contributed by atoms with van der Waals surface area (Å²) < 4.78 is 13.3. The maximum Gasteiger partial charge on any atom is 0.344 e. The van der Waals surface area contributed by atoms with Gasteiger partial charge in [-0.1, -0.05) is 24.3 Å². The van der Waals surface area contributed by atoms with Crippen molar-refractivity contribution in [3.63, 3.8) is 0 Å². The van der Waals surface area contributed by atoms with Gasteiger partial charge in [-0.15, -0.1) is 0 Å². The standard InChI is InChI=1S/C23H23FN4O6/c1-14-20(22(30)31)21(16-6-3-8-18(12-16)28(33)34)27(23(32)26-14)10-4-9-25-13-19(29)15-5-2-7-17(24)11-15/h2-3,5-8,11-12,20-21,25H,4,9-10,13H2,1H3,(H,30,31). The number of carboxylic acids is 1. The fraction of sp³-hybridized carbons (Fsp3) is 0.304. The first-order valence-electron chi connectivity index (χ1n) is 10.5. The number of Topliss-reactive ketones (excluding diaryl/α,β-unsaturated/α-hetero) is 1. The molecule has 0 aromatic heterocycles. The van der Waals surface area contributed by atoms with Gasteiger partial charge in [-0.25, -0.2) is 14.2 Å². The number of aliphatic carboxylic acids is 1. The molecule has 1 aliphatic rings. The van der Waals surface area contributed by atoms with Crippen LogP contribution < -0.4 is 5.32 Å². The summed E-state index contributed by atoms with van der Waals surface area (Å²) in [6.45, 7) is 1.82. The van der Waals surface area contributed by atoms with Crippen molar-refractivity contribution in [3.05, 3.63) is 75.6 Å². The summed E-state index contributed by atoms with van der Waals surface area (Å²) in [6, 6.07) is 9.26. The lowest BCUT2D eigenvalue weighted by molar-refractivity contribution is -0.385. The number of benzene rings is 2. The fourth-order valence-electron chi connectivity index (χ4n) is 3.90. The number of halogens is 1. The number of nitro groups is 1. The summed E-state index contributed by atoms with van der Waals surface area (Å²) in [7, 11) is 0. The molecule has 0 spiro atoms. The number of carboxylic acid groups (broad SMARTS) is 1. The molecule has 0 saturated heterocycles. The van der Waals surface area contributed by atoms with Gasteiger partial charge in [0.2, 0.25) is 0 Å². The van der Waals surface area contributed by atoms with Crippen LogP contribution in [-0.4, -0.2) is 58.1 Å². The third-order valence-electron chi connectivity index (χ3n) is 5.49. The highest BCUT2D eigenvalue weighted by Gasteiger charge is 2.42. The van der Waals surface area contributed by atoms with Gasteiger partial charge >= 0.3 is 12.0 Å². The van der Waals surface area contributed by atoms with Gasteiger partial charge in [-0.05, 0) is 37.6 Å². The second-order valence-electron chi connectivity index (χ2n) is 7.81. The first kappa shape index (κ1) is 24.6. The highest BCUT2D eigenvalue weighted by Crippen LogP contribution is 2.35. The molecule has 2 aromatic carbocycles. The van der Waals surface area contributed by atoms with Crippen LogP contribution in [0.15, 0.2) is 53.5 Å². The Morgan fingerprint density at radius 3 is 2.65 bits per heavy atom. The van der Waals surface area contributed by atoms with Crippen LogP contribution >= 0.6 is 0 Å². The lowest BCUT2D eigenvalue weighted by Crippen LogP contribution is -2.47. The number of amides is 2. The molecule has 11 heteroatoms. The minimum atomic E-state index is -1.20. The van der Waals surface area contributed by atoms with Crippen molar-refractivity contribution in [2.45, 2.75) is 19.4 Å². The van der Waals surface area contributed by atoms with Gasteiger partial charge in [0.15, 0.2) is 5.78 Å². The number of hydrogen-bond donors (Lipinski definition) is 2. The van der Waals surface area contributed by atoms with Gasteiger partial charge in [0.1, 0.15) is 11.7 Å². The first-order chi connectivity index (χ1) is 16.2. The molecule has 3 rings (SSSR count). The predicted octanol–water partition coefficient (Wildman–Crippen LogP) is 3.23. The van der Waals surface area contributed by atoms with Crippen LogP contribution in [0.2, 0.25) is 0 Å². The smallest absolute Gasteiger partial charge is 0.344 e. The van der Waals surface area contributed by atoms with Crippen molar-refractivity contribution in [2.75, 3.05) is 19.6 Å². The number of non-ortho nitro benzene ring substituents is 1. The van der Waals surface area contributed by atoms with Crippen LogP contribution in [0, 0.1) is 21.8 Å². The van der Waals surface area contributed by atoms with E-state index >= 15 is 0 Å². The molecule has 0 fully saturated rings. The Kier molecular flexibility index (Phi) is 7.79. The molecule has 10 nitrogen and oxygen atoms in total. The van der Waals surface area contributed by atoms with Crippen LogP contribution in [-0.2, 0) is 4.79 Å². The van der Waals surface area contributed by atoms with Crippen molar-refractivity contribution in [1.82, 2.24) is 10.2 Å². The Hall–Kier alpha value is -3.99. The third kappa shape index (κ3) is 5.67. The molecule has 2 N–H and O–H groups in total. The second kappa shape index (κ2) is 10.8. The van der Waals surface area contributed by atoms with Crippen molar-refractivity contribution in [2.24, 2.45) is 10.9 Å². The number of carbonyl (C=O) groups excluding carboxylic acids is 2. The zero-order chi connectivity index (χ0) is 24.8. The monoisotopic (exact) mass is 470 g/mol. The van der Waals surface area contributed by atoms with E-state index in [1.165, 1.54) is 48.2 Å². The molecule has 0 radical (unpaired) electrons. The van der Waals surface area contributed by atoms with Crippen molar-refractivity contribution in [1.29, 1.82) is 0 Å². The lowest BCUT2D eigenvalue weighted by atomic mass is 9.86. The van der Waals surface area contributed by atoms with Gasteiger partial charge in [0.05, 0.1) is 17.5 Å². The van der Waals surface area contributed by atoms with E-state index in [1.54, 1.807) is 6.07 Å². The number of nitro benzene ring substituents is 1. The quantitative estimate of drug-likeness (QED) is 0.235. The number of nitrogens with one attached hydrogen (secondary N) is 1. The number of nitrogens with zero attached hydrogens (tertiary/aromatic N) is 3. The first-order valence-corrected chi connectivity index (χ1v) is 10.5. The normalized spacial score (nSPS) is 17.9.